The van der Waals surface area contributed by atoms with E-state index in [0.717, 1.165) is 12.8 Å². The first kappa shape index (κ1) is 15.4. The van der Waals surface area contributed by atoms with Crippen molar-refractivity contribution < 1.29 is 0 Å². The van der Waals surface area contributed by atoms with Crippen LogP contribution in [0.3, 0.4) is 0 Å². The van der Waals surface area contributed by atoms with Gasteiger partial charge < -0.3 is 0 Å². The summed E-state index contributed by atoms with van der Waals surface area (Å²) in [5.41, 5.74) is 5.29. The second-order valence-corrected chi connectivity index (χ2v) is 6.08. The SMILES string of the molecule is CCCc1ccc(N(I)c2ccc(CCC)cc2)cc1. The van der Waals surface area contributed by atoms with Gasteiger partial charge >= 0.3 is 0 Å². The summed E-state index contributed by atoms with van der Waals surface area (Å²) < 4.78 is 2.21. The van der Waals surface area contributed by atoms with Gasteiger partial charge in [-0.15, -0.1) is 0 Å². The fourth-order valence-corrected chi connectivity index (χ4v) is 2.96. The van der Waals surface area contributed by atoms with E-state index < -0.39 is 0 Å². The van der Waals surface area contributed by atoms with Gasteiger partial charge in [0, 0.05) is 0 Å². The summed E-state index contributed by atoms with van der Waals surface area (Å²) in [5.74, 6) is 0. The normalized spacial score (nSPS) is 10.6. The highest BCUT2D eigenvalue weighted by atomic mass is 127. The summed E-state index contributed by atoms with van der Waals surface area (Å²) >= 11 is 2.37. The van der Waals surface area contributed by atoms with Crippen molar-refractivity contribution in [2.45, 2.75) is 39.5 Å². The van der Waals surface area contributed by atoms with E-state index in [2.05, 4.69) is 88.4 Å². The Bertz CT molecular complexity index is 467. The van der Waals surface area contributed by atoms with Gasteiger partial charge in [-0.2, -0.15) is 0 Å². The lowest BCUT2D eigenvalue weighted by atomic mass is 10.1. The smallest absolute Gasteiger partial charge is 0.0646 e. The Morgan fingerprint density at radius 1 is 0.700 bits per heavy atom. The van der Waals surface area contributed by atoms with Gasteiger partial charge in [0.15, 0.2) is 0 Å². The third-order valence-electron chi connectivity index (χ3n) is 3.40. The molecule has 0 aliphatic heterocycles. The van der Waals surface area contributed by atoms with Crippen molar-refractivity contribution in [2.75, 3.05) is 3.11 Å². The van der Waals surface area contributed by atoms with Crippen LogP contribution in [-0.4, -0.2) is 0 Å². The molecular weight excluding hydrogens is 357 g/mol. The van der Waals surface area contributed by atoms with Crippen LogP contribution in [0.4, 0.5) is 11.4 Å². The van der Waals surface area contributed by atoms with Gasteiger partial charge in [0.25, 0.3) is 0 Å². The zero-order chi connectivity index (χ0) is 14.4. The molecule has 0 aliphatic carbocycles. The standard InChI is InChI=1S/C18H22IN/c1-3-5-15-7-11-17(12-8-15)20(19)18-13-9-16(6-4-2)10-14-18/h7-14H,3-6H2,1-2H3. The maximum atomic E-state index is 2.37. The molecule has 0 unspecified atom stereocenters. The Labute approximate surface area is 136 Å². The Hall–Kier alpha value is -1.03. The largest absolute Gasteiger partial charge is 0.283 e. The van der Waals surface area contributed by atoms with Crippen LogP contribution < -0.4 is 3.11 Å². The molecule has 0 heterocycles. The van der Waals surface area contributed by atoms with Crippen LogP contribution in [-0.2, 0) is 12.8 Å². The Morgan fingerprint density at radius 2 is 1.05 bits per heavy atom. The first-order valence-corrected chi connectivity index (χ1v) is 8.35. The minimum Gasteiger partial charge on any atom is -0.283 e. The van der Waals surface area contributed by atoms with E-state index in [9.17, 15) is 0 Å². The first-order valence-electron chi connectivity index (χ1n) is 7.38. The van der Waals surface area contributed by atoms with E-state index in [-0.39, 0.29) is 0 Å². The summed E-state index contributed by atoms with van der Waals surface area (Å²) in [6.07, 6.45) is 4.72. The van der Waals surface area contributed by atoms with E-state index in [1.165, 1.54) is 35.3 Å². The van der Waals surface area contributed by atoms with E-state index in [0.29, 0.717) is 0 Å². The number of halogens is 1. The maximum absolute atomic E-state index is 2.37. The maximum Gasteiger partial charge on any atom is 0.0646 e. The average Bonchev–Trinajstić information content (AvgIpc) is 2.49. The molecule has 106 valence electrons. The van der Waals surface area contributed by atoms with Crippen molar-refractivity contribution in [1.29, 1.82) is 0 Å². The molecule has 2 aromatic rings. The predicted molar refractivity (Wildman–Crippen MR) is 97.0 cm³/mol. The van der Waals surface area contributed by atoms with Crippen molar-refractivity contribution in [1.82, 2.24) is 0 Å². The minimum atomic E-state index is 1.16. The number of aryl methyl sites for hydroxylation is 2. The topological polar surface area (TPSA) is 3.24 Å². The van der Waals surface area contributed by atoms with Gasteiger partial charge in [-0.25, -0.2) is 0 Å². The van der Waals surface area contributed by atoms with Gasteiger partial charge in [-0.05, 0) is 48.2 Å². The molecule has 0 N–H and O–H groups in total. The Balaban J connectivity index is 2.11. The van der Waals surface area contributed by atoms with Crippen molar-refractivity contribution in [3.8, 4) is 0 Å². The first-order chi connectivity index (χ1) is 9.74. The zero-order valence-electron chi connectivity index (χ0n) is 12.3. The number of anilines is 2. The molecule has 2 heteroatoms. The number of rotatable bonds is 6. The molecule has 0 radical (unpaired) electrons. The second kappa shape index (κ2) is 7.67. The van der Waals surface area contributed by atoms with Gasteiger partial charge in [-0.3, -0.25) is 3.11 Å². The highest BCUT2D eigenvalue weighted by Crippen LogP contribution is 2.30. The van der Waals surface area contributed by atoms with E-state index >= 15 is 0 Å². The van der Waals surface area contributed by atoms with Crippen molar-refractivity contribution >= 4 is 34.2 Å². The van der Waals surface area contributed by atoms with Gasteiger partial charge in [0.05, 0.1) is 34.2 Å². The van der Waals surface area contributed by atoms with Crippen LogP contribution in [0.5, 0.6) is 0 Å². The van der Waals surface area contributed by atoms with Crippen LogP contribution in [0.15, 0.2) is 48.5 Å². The van der Waals surface area contributed by atoms with Crippen LogP contribution in [0.2, 0.25) is 0 Å². The highest BCUT2D eigenvalue weighted by Gasteiger charge is 2.05. The van der Waals surface area contributed by atoms with Crippen LogP contribution >= 0.6 is 22.9 Å². The van der Waals surface area contributed by atoms with Crippen LogP contribution in [0.25, 0.3) is 0 Å². The Morgan fingerprint density at radius 3 is 1.35 bits per heavy atom. The lowest BCUT2D eigenvalue weighted by molar-refractivity contribution is 0.921. The van der Waals surface area contributed by atoms with E-state index in [1.54, 1.807) is 0 Å². The van der Waals surface area contributed by atoms with Gasteiger partial charge in [0.2, 0.25) is 0 Å². The zero-order valence-corrected chi connectivity index (χ0v) is 14.4. The molecule has 20 heavy (non-hydrogen) atoms. The quantitative estimate of drug-likeness (QED) is 0.434. The second-order valence-electron chi connectivity index (χ2n) is 5.11. The highest BCUT2D eigenvalue weighted by molar-refractivity contribution is 14.1. The fraction of sp³-hybridized carbons (Fsp3) is 0.333. The molecule has 1 nitrogen and oxygen atoms in total. The van der Waals surface area contributed by atoms with Gasteiger partial charge in [0.1, 0.15) is 0 Å². The summed E-state index contributed by atoms with van der Waals surface area (Å²) in [5, 5.41) is 0. The van der Waals surface area contributed by atoms with Crippen molar-refractivity contribution in [3.05, 3.63) is 59.7 Å². The number of nitrogens with zero attached hydrogens (tertiary/aromatic N) is 1. The molecule has 0 bridgehead atoms. The summed E-state index contributed by atoms with van der Waals surface area (Å²) in [6, 6.07) is 17.8. The molecular formula is C18H22IN. The molecule has 0 atom stereocenters. The summed E-state index contributed by atoms with van der Waals surface area (Å²) in [7, 11) is 0. The molecule has 0 saturated carbocycles. The lowest BCUT2D eigenvalue weighted by Crippen LogP contribution is -2.01. The molecule has 0 fully saturated rings. The molecule has 0 aliphatic rings. The van der Waals surface area contributed by atoms with E-state index in [4.69, 9.17) is 0 Å². The minimum absolute atomic E-state index is 1.16. The predicted octanol–water partition coefficient (Wildman–Crippen LogP) is 6.08. The molecule has 2 rings (SSSR count). The molecule has 0 amide bonds. The third kappa shape index (κ3) is 3.98. The van der Waals surface area contributed by atoms with Crippen LogP contribution in [0.1, 0.15) is 37.8 Å². The fourth-order valence-electron chi connectivity index (χ4n) is 2.31. The number of hydrogen-bond donors (Lipinski definition) is 0. The number of hydrogen-bond acceptors (Lipinski definition) is 1. The molecule has 2 aromatic carbocycles. The molecule has 0 spiro atoms. The summed E-state index contributed by atoms with van der Waals surface area (Å²) in [4.78, 5) is 0. The lowest BCUT2D eigenvalue weighted by Gasteiger charge is -2.17. The number of benzene rings is 2. The van der Waals surface area contributed by atoms with Crippen molar-refractivity contribution in [2.24, 2.45) is 0 Å². The molecule has 0 saturated heterocycles. The summed E-state index contributed by atoms with van der Waals surface area (Å²) in [6.45, 7) is 4.44. The van der Waals surface area contributed by atoms with Crippen LogP contribution in [0, 0.1) is 0 Å². The Kier molecular flexibility index (Phi) is 5.89. The molecule has 0 aromatic heterocycles. The van der Waals surface area contributed by atoms with E-state index in [1.807, 2.05) is 0 Å². The average molecular weight is 379 g/mol. The van der Waals surface area contributed by atoms with Crippen molar-refractivity contribution in [3.63, 3.8) is 0 Å². The third-order valence-corrected chi connectivity index (χ3v) is 4.52. The van der Waals surface area contributed by atoms with Gasteiger partial charge in [-0.1, -0.05) is 51.0 Å². The monoisotopic (exact) mass is 379 g/mol.